The molecule has 2 aromatic heterocycles. The van der Waals surface area contributed by atoms with E-state index in [1.165, 1.54) is 7.11 Å². The molecule has 1 aliphatic heterocycles. The second-order valence-corrected chi connectivity index (χ2v) is 10.9. The van der Waals surface area contributed by atoms with E-state index in [-0.39, 0.29) is 12.1 Å². The summed E-state index contributed by atoms with van der Waals surface area (Å²) in [7, 11) is -0.416. The first kappa shape index (κ1) is 25.6. The molecule has 0 spiro atoms. The fourth-order valence-electron chi connectivity index (χ4n) is 4.69. The zero-order valence-corrected chi connectivity index (χ0v) is 22.7. The summed E-state index contributed by atoms with van der Waals surface area (Å²) >= 11 is 5.85. The van der Waals surface area contributed by atoms with Gasteiger partial charge in [0.2, 0.25) is 10.0 Å². The Hall–Kier alpha value is -4.09. The maximum atomic E-state index is 12.1. The van der Waals surface area contributed by atoms with Gasteiger partial charge in [-0.25, -0.2) is 8.42 Å². The van der Waals surface area contributed by atoms with Gasteiger partial charge in [-0.3, -0.25) is 9.71 Å². The number of aromatic nitrogens is 2. The Kier molecular flexibility index (Phi) is 6.96. The number of hydrogen-bond acceptors (Lipinski definition) is 6. The largest absolute Gasteiger partial charge is 0.497 e. The number of rotatable bonds is 8. The molecule has 0 bridgehead atoms. The first-order chi connectivity index (χ1) is 18.3. The van der Waals surface area contributed by atoms with Gasteiger partial charge in [0, 0.05) is 35.5 Å². The van der Waals surface area contributed by atoms with Gasteiger partial charge in [0.05, 0.1) is 37.9 Å². The van der Waals surface area contributed by atoms with E-state index in [0.29, 0.717) is 22.2 Å². The van der Waals surface area contributed by atoms with Crippen LogP contribution in [-0.2, 0) is 10.0 Å². The number of sulfonamides is 1. The summed E-state index contributed by atoms with van der Waals surface area (Å²) in [6, 6.07) is 22.3. The van der Waals surface area contributed by atoms with Crippen LogP contribution in [0.5, 0.6) is 11.5 Å². The van der Waals surface area contributed by atoms with Crippen LogP contribution in [0.2, 0.25) is 0 Å². The topological polar surface area (TPSA) is 97.7 Å². The summed E-state index contributed by atoms with van der Waals surface area (Å²) in [5.74, 6) is 1.14. The van der Waals surface area contributed by atoms with Crippen molar-refractivity contribution in [3.8, 4) is 17.2 Å². The minimum absolute atomic E-state index is 0.281. The molecular formula is C27H27N5O4S2. The second-order valence-electron chi connectivity index (χ2n) is 8.76. The lowest BCUT2D eigenvalue weighted by molar-refractivity contribution is 0.414. The normalized spacial score (nSPS) is 17.2. The average molecular weight is 550 g/mol. The van der Waals surface area contributed by atoms with Gasteiger partial charge < -0.3 is 24.3 Å². The SMILES string of the molecule is COc1cccc(-n2cccc2[C@H]2[C@@H](c3ccccn3)NC(=S)N2c2ccc(OC)c(NS(C)(=O)=O)c2)c1. The van der Waals surface area contributed by atoms with Gasteiger partial charge >= 0.3 is 0 Å². The summed E-state index contributed by atoms with van der Waals surface area (Å²) in [5, 5.41) is 3.93. The van der Waals surface area contributed by atoms with Crippen molar-refractivity contribution < 1.29 is 17.9 Å². The molecule has 0 saturated carbocycles. The zero-order chi connectivity index (χ0) is 26.9. The third-order valence-electron chi connectivity index (χ3n) is 6.27. The molecule has 1 aliphatic rings. The van der Waals surface area contributed by atoms with E-state index in [0.717, 1.165) is 29.1 Å². The lowest BCUT2D eigenvalue weighted by Crippen LogP contribution is -2.30. The monoisotopic (exact) mass is 549 g/mol. The van der Waals surface area contributed by atoms with Crippen LogP contribution in [0.25, 0.3) is 5.69 Å². The van der Waals surface area contributed by atoms with Crippen LogP contribution in [-0.4, -0.2) is 43.6 Å². The van der Waals surface area contributed by atoms with E-state index in [4.69, 9.17) is 21.7 Å². The molecule has 5 rings (SSSR count). The van der Waals surface area contributed by atoms with Gasteiger partial charge in [0.25, 0.3) is 0 Å². The van der Waals surface area contributed by atoms with Crippen molar-refractivity contribution in [2.24, 2.45) is 0 Å². The second kappa shape index (κ2) is 10.3. The lowest BCUT2D eigenvalue weighted by Gasteiger charge is -2.29. The van der Waals surface area contributed by atoms with Crippen LogP contribution in [0.4, 0.5) is 11.4 Å². The quantitative estimate of drug-likeness (QED) is 0.312. The molecule has 2 atom stereocenters. The molecule has 3 heterocycles. The third-order valence-corrected chi connectivity index (χ3v) is 7.17. The maximum absolute atomic E-state index is 12.1. The molecule has 38 heavy (non-hydrogen) atoms. The number of pyridine rings is 1. The molecule has 11 heteroatoms. The van der Waals surface area contributed by atoms with Crippen molar-refractivity contribution in [3.63, 3.8) is 0 Å². The Morgan fingerprint density at radius 3 is 2.53 bits per heavy atom. The molecule has 2 N–H and O–H groups in total. The van der Waals surface area contributed by atoms with Gasteiger partial charge in [0.15, 0.2) is 5.11 Å². The number of anilines is 2. The van der Waals surface area contributed by atoms with Crippen molar-refractivity contribution in [1.82, 2.24) is 14.9 Å². The van der Waals surface area contributed by atoms with Crippen LogP contribution in [0, 0.1) is 0 Å². The summed E-state index contributed by atoms with van der Waals surface area (Å²) in [6.07, 6.45) is 4.84. The fourth-order valence-corrected chi connectivity index (χ4v) is 5.59. The Labute approximate surface area is 227 Å². The number of ether oxygens (including phenoxy) is 2. The number of thiocarbonyl (C=S) groups is 1. The van der Waals surface area contributed by atoms with E-state index >= 15 is 0 Å². The van der Waals surface area contributed by atoms with Crippen molar-refractivity contribution in [2.75, 3.05) is 30.1 Å². The Balaban J connectivity index is 1.67. The molecule has 196 valence electrons. The van der Waals surface area contributed by atoms with Crippen molar-refractivity contribution >= 4 is 38.7 Å². The highest BCUT2D eigenvalue weighted by Crippen LogP contribution is 2.44. The number of benzene rings is 2. The van der Waals surface area contributed by atoms with Crippen LogP contribution in [0.3, 0.4) is 0 Å². The number of hydrogen-bond donors (Lipinski definition) is 2. The Bertz CT molecular complexity index is 1570. The van der Waals surface area contributed by atoms with Crippen LogP contribution < -0.4 is 24.4 Å². The Morgan fingerprint density at radius 1 is 0.974 bits per heavy atom. The van der Waals surface area contributed by atoms with Crippen molar-refractivity contribution in [2.45, 2.75) is 12.1 Å². The molecule has 0 unspecified atom stereocenters. The highest BCUT2D eigenvalue weighted by atomic mass is 32.2. The molecule has 0 aliphatic carbocycles. The molecule has 2 aromatic carbocycles. The summed E-state index contributed by atoms with van der Waals surface area (Å²) < 4.78 is 39.6. The van der Waals surface area contributed by atoms with Crippen LogP contribution in [0.1, 0.15) is 23.5 Å². The van der Waals surface area contributed by atoms with Crippen molar-refractivity contribution in [1.29, 1.82) is 0 Å². The predicted molar refractivity (Wildman–Crippen MR) is 152 cm³/mol. The van der Waals surface area contributed by atoms with Crippen LogP contribution >= 0.6 is 12.2 Å². The third kappa shape index (κ3) is 5.02. The zero-order valence-electron chi connectivity index (χ0n) is 21.0. The van der Waals surface area contributed by atoms with Crippen LogP contribution in [0.15, 0.2) is 85.2 Å². The summed E-state index contributed by atoms with van der Waals surface area (Å²) in [4.78, 5) is 6.60. The number of methoxy groups -OCH3 is 2. The maximum Gasteiger partial charge on any atom is 0.229 e. The molecule has 4 aromatic rings. The minimum Gasteiger partial charge on any atom is -0.497 e. The molecule has 1 fully saturated rings. The molecule has 0 radical (unpaired) electrons. The average Bonchev–Trinajstić information content (AvgIpc) is 3.52. The highest BCUT2D eigenvalue weighted by molar-refractivity contribution is 7.92. The minimum atomic E-state index is -3.55. The lowest BCUT2D eigenvalue weighted by atomic mass is 10.0. The fraction of sp³-hybridized carbons (Fsp3) is 0.185. The standard InChI is InChI=1S/C27H27N5O4S2/c1-35-20-9-6-8-18(16-20)31-15-7-11-23(31)26-25(21-10-4-5-14-28-21)29-27(37)32(26)19-12-13-24(36-2)22(17-19)30-38(3,33)34/h4-17,25-26,30H,1-3H3,(H,29,37)/t25-,26+/m1/s1. The molecule has 0 amide bonds. The van der Waals surface area contributed by atoms with E-state index in [9.17, 15) is 8.42 Å². The van der Waals surface area contributed by atoms with Crippen molar-refractivity contribution in [3.05, 3.63) is 96.6 Å². The first-order valence-electron chi connectivity index (χ1n) is 11.8. The van der Waals surface area contributed by atoms with Gasteiger partial charge in [-0.15, -0.1) is 0 Å². The molecular weight excluding hydrogens is 522 g/mol. The van der Waals surface area contributed by atoms with Gasteiger partial charge in [-0.05, 0) is 66.8 Å². The van der Waals surface area contributed by atoms with E-state index < -0.39 is 10.0 Å². The number of nitrogens with zero attached hydrogens (tertiary/aromatic N) is 3. The highest BCUT2D eigenvalue weighted by Gasteiger charge is 2.42. The van der Waals surface area contributed by atoms with E-state index in [2.05, 4.69) is 19.6 Å². The van der Waals surface area contributed by atoms with Gasteiger partial charge in [-0.2, -0.15) is 0 Å². The summed E-state index contributed by atoms with van der Waals surface area (Å²) in [6.45, 7) is 0. The molecule has 9 nitrogen and oxygen atoms in total. The summed E-state index contributed by atoms with van der Waals surface area (Å²) in [5.41, 5.74) is 3.71. The first-order valence-corrected chi connectivity index (χ1v) is 14.1. The Morgan fingerprint density at radius 2 is 1.82 bits per heavy atom. The van der Waals surface area contributed by atoms with E-state index in [1.807, 2.05) is 71.8 Å². The number of nitrogens with one attached hydrogen (secondary N) is 2. The molecule has 1 saturated heterocycles. The van der Waals surface area contributed by atoms with Gasteiger partial charge in [0.1, 0.15) is 17.5 Å². The predicted octanol–water partition coefficient (Wildman–Crippen LogP) is 4.44. The smallest absolute Gasteiger partial charge is 0.229 e. The van der Waals surface area contributed by atoms with E-state index in [1.54, 1.807) is 25.4 Å². The van der Waals surface area contributed by atoms with Gasteiger partial charge in [-0.1, -0.05) is 12.1 Å².